The molecule has 0 saturated carbocycles. The summed E-state index contributed by atoms with van der Waals surface area (Å²) in [4.78, 5) is 40.7. The fraction of sp³-hybridized carbons (Fsp3) is 0.611. The van der Waals surface area contributed by atoms with Crippen molar-refractivity contribution in [2.24, 2.45) is 5.92 Å². The van der Waals surface area contributed by atoms with Crippen molar-refractivity contribution >= 4 is 29.1 Å². The molecule has 0 atom stereocenters. The molecule has 1 saturated heterocycles. The minimum Gasteiger partial charge on any atom is -0.459 e. The molecule has 2 amide bonds. The van der Waals surface area contributed by atoms with Crippen LogP contribution in [0, 0.1) is 5.92 Å². The van der Waals surface area contributed by atoms with Crippen molar-refractivity contribution in [3.63, 3.8) is 0 Å². The molecule has 0 bridgehead atoms. The Kier molecular flexibility index (Phi) is 6.21. The summed E-state index contributed by atoms with van der Waals surface area (Å²) in [7, 11) is 1.62. The highest BCUT2D eigenvalue weighted by atomic mass is 32.1. The number of rotatable bonds is 4. The van der Waals surface area contributed by atoms with Gasteiger partial charge in [0.15, 0.2) is 0 Å². The minimum atomic E-state index is -0.561. The molecular weight excluding hydrogens is 340 g/mol. The molecule has 1 aliphatic heterocycles. The highest BCUT2D eigenvalue weighted by molar-refractivity contribution is 7.12. The van der Waals surface area contributed by atoms with E-state index in [0.29, 0.717) is 25.9 Å². The normalized spacial score (nSPS) is 15.8. The molecule has 0 aliphatic carbocycles. The number of carbonyl (C=O) groups is 3. The number of thiophene rings is 1. The Morgan fingerprint density at radius 3 is 2.44 bits per heavy atom. The number of carbonyl (C=O) groups excluding carboxylic acids is 3. The van der Waals surface area contributed by atoms with Gasteiger partial charge in [-0.2, -0.15) is 0 Å². The molecule has 25 heavy (non-hydrogen) atoms. The van der Waals surface area contributed by atoms with Gasteiger partial charge in [-0.05, 0) is 45.1 Å². The van der Waals surface area contributed by atoms with Crippen molar-refractivity contribution in [2.45, 2.75) is 39.2 Å². The lowest BCUT2D eigenvalue weighted by Gasteiger charge is -2.33. The smallest absolute Gasteiger partial charge is 0.326 e. The van der Waals surface area contributed by atoms with E-state index in [1.54, 1.807) is 32.7 Å². The SMILES string of the molecule is CN(CC(=O)OC(C)(C)C)C(=O)C1CCN(C(=O)c2cccs2)CC1. The summed E-state index contributed by atoms with van der Waals surface area (Å²) in [5.74, 6) is -0.592. The molecule has 1 aromatic rings. The number of hydrogen-bond donors (Lipinski definition) is 0. The predicted octanol–water partition coefficient (Wildman–Crippen LogP) is 2.40. The van der Waals surface area contributed by atoms with Crippen LogP contribution in [0.25, 0.3) is 0 Å². The molecule has 1 fully saturated rings. The zero-order chi connectivity index (χ0) is 18.6. The van der Waals surface area contributed by atoms with Crippen molar-refractivity contribution < 1.29 is 19.1 Å². The van der Waals surface area contributed by atoms with Crippen LogP contribution in [-0.2, 0) is 14.3 Å². The standard InChI is InChI=1S/C18H26N2O4S/c1-18(2,3)24-15(21)12-19(4)16(22)13-7-9-20(10-8-13)17(23)14-6-5-11-25-14/h5-6,11,13H,7-10,12H2,1-4H3. The molecule has 0 aromatic carbocycles. The maximum Gasteiger partial charge on any atom is 0.326 e. The van der Waals surface area contributed by atoms with E-state index in [9.17, 15) is 14.4 Å². The van der Waals surface area contributed by atoms with Gasteiger partial charge in [-0.3, -0.25) is 14.4 Å². The van der Waals surface area contributed by atoms with Crippen LogP contribution in [0.4, 0.5) is 0 Å². The first-order chi connectivity index (χ1) is 11.7. The van der Waals surface area contributed by atoms with E-state index in [4.69, 9.17) is 4.74 Å². The molecule has 0 N–H and O–H groups in total. The van der Waals surface area contributed by atoms with Crippen LogP contribution in [0.2, 0.25) is 0 Å². The molecule has 0 spiro atoms. The molecule has 1 aliphatic rings. The molecule has 2 heterocycles. The molecule has 2 rings (SSSR count). The van der Waals surface area contributed by atoms with E-state index in [2.05, 4.69) is 0 Å². The van der Waals surface area contributed by atoms with Crippen molar-refractivity contribution in [2.75, 3.05) is 26.7 Å². The molecule has 1 aromatic heterocycles. The quantitative estimate of drug-likeness (QED) is 0.768. The zero-order valence-electron chi connectivity index (χ0n) is 15.3. The Balaban J connectivity index is 1.82. The van der Waals surface area contributed by atoms with Crippen LogP contribution >= 0.6 is 11.3 Å². The second-order valence-corrected chi connectivity index (χ2v) is 8.27. The summed E-state index contributed by atoms with van der Waals surface area (Å²) in [6.07, 6.45) is 1.24. The van der Waals surface area contributed by atoms with Gasteiger partial charge in [-0.25, -0.2) is 0 Å². The van der Waals surface area contributed by atoms with E-state index in [1.807, 2.05) is 17.5 Å². The number of likely N-dealkylation sites (N-methyl/N-ethyl adjacent to an activating group) is 1. The van der Waals surface area contributed by atoms with E-state index >= 15 is 0 Å². The summed E-state index contributed by atoms with van der Waals surface area (Å²) in [5, 5.41) is 1.88. The van der Waals surface area contributed by atoms with Gasteiger partial charge in [0.25, 0.3) is 5.91 Å². The van der Waals surface area contributed by atoms with E-state index < -0.39 is 11.6 Å². The average molecular weight is 366 g/mol. The van der Waals surface area contributed by atoms with Crippen molar-refractivity contribution in [3.05, 3.63) is 22.4 Å². The predicted molar refractivity (Wildman–Crippen MR) is 96.4 cm³/mol. The fourth-order valence-corrected chi connectivity index (χ4v) is 3.53. The van der Waals surface area contributed by atoms with Gasteiger partial charge in [0.2, 0.25) is 5.91 Å². The molecule has 6 nitrogen and oxygen atoms in total. The third-order valence-electron chi connectivity index (χ3n) is 4.03. The second-order valence-electron chi connectivity index (χ2n) is 7.32. The second kappa shape index (κ2) is 7.99. The maximum atomic E-state index is 12.5. The Labute approximate surface area is 152 Å². The largest absolute Gasteiger partial charge is 0.459 e. The van der Waals surface area contributed by atoms with Crippen molar-refractivity contribution in [1.82, 2.24) is 9.80 Å². The molecular formula is C18H26N2O4S. The number of likely N-dealkylation sites (tertiary alicyclic amines) is 1. The lowest BCUT2D eigenvalue weighted by Crippen LogP contribution is -2.45. The van der Waals surface area contributed by atoms with Gasteiger partial charge in [-0.1, -0.05) is 6.07 Å². The monoisotopic (exact) mass is 366 g/mol. The van der Waals surface area contributed by atoms with Gasteiger partial charge in [-0.15, -0.1) is 11.3 Å². The summed E-state index contributed by atoms with van der Waals surface area (Å²) in [6.45, 7) is 6.47. The summed E-state index contributed by atoms with van der Waals surface area (Å²) in [5.41, 5.74) is -0.561. The van der Waals surface area contributed by atoms with Gasteiger partial charge >= 0.3 is 5.97 Å². The Morgan fingerprint density at radius 1 is 1.28 bits per heavy atom. The highest BCUT2D eigenvalue weighted by Gasteiger charge is 2.30. The third-order valence-corrected chi connectivity index (χ3v) is 4.88. The van der Waals surface area contributed by atoms with E-state index in [1.165, 1.54) is 16.2 Å². The number of ether oxygens (including phenoxy) is 1. The Morgan fingerprint density at radius 2 is 1.92 bits per heavy atom. The lowest BCUT2D eigenvalue weighted by atomic mass is 9.95. The number of amides is 2. The molecule has 7 heteroatoms. The van der Waals surface area contributed by atoms with Crippen LogP contribution < -0.4 is 0 Å². The van der Waals surface area contributed by atoms with E-state index in [0.717, 1.165) is 4.88 Å². The zero-order valence-corrected chi connectivity index (χ0v) is 16.1. The first-order valence-electron chi connectivity index (χ1n) is 8.47. The number of hydrogen-bond acceptors (Lipinski definition) is 5. The topological polar surface area (TPSA) is 66.9 Å². The van der Waals surface area contributed by atoms with Crippen molar-refractivity contribution in [3.8, 4) is 0 Å². The van der Waals surface area contributed by atoms with Crippen molar-refractivity contribution in [1.29, 1.82) is 0 Å². The number of piperidine rings is 1. The number of nitrogens with zero attached hydrogens (tertiary/aromatic N) is 2. The molecule has 0 unspecified atom stereocenters. The van der Waals surface area contributed by atoms with Gasteiger partial charge in [0.05, 0.1) is 4.88 Å². The third kappa shape index (κ3) is 5.56. The summed E-state index contributed by atoms with van der Waals surface area (Å²) in [6, 6.07) is 3.68. The van der Waals surface area contributed by atoms with Gasteiger partial charge in [0.1, 0.15) is 12.1 Å². The molecule has 138 valence electrons. The van der Waals surface area contributed by atoms with Crippen LogP contribution in [0.15, 0.2) is 17.5 Å². The highest BCUT2D eigenvalue weighted by Crippen LogP contribution is 2.22. The number of esters is 1. The minimum absolute atomic E-state index is 0.0306. The summed E-state index contributed by atoms with van der Waals surface area (Å²) >= 11 is 1.43. The first kappa shape index (κ1) is 19.4. The Hall–Kier alpha value is -1.89. The average Bonchev–Trinajstić information content (AvgIpc) is 3.06. The Bertz CT molecular complexity index is 614. The maximum absolute atomic E-state index is 12.5. The first-order valence-corrected chi connectivity index (χ1v) is 9.35. The molecule has 0 radical (unpaired) electrons. The van der Waals surface area contributed by atoms with Crippen LogP contribution in [0.1, 0.15) is 43.3 Å². The summed E-state index contributed by atoms with van der Waals surface area (Å²) < 4.78 is 5.25. The lowest BCUT2D eigenvalue weighted by molar-refractivity contribution is -0.159. The van der Waals surface area contributed by atoms with Crippen LogP contribution in [-0.4, -0.2) is 59.9 Å². The fourth-order valence-electron chi connectivity index (χ4n) is 2.84. The van der Waals surface area contributed by atoms with Gasteiger partial charge in [0, 0.05) is 26.1 Å². The van der Waals surface area contributed by atoms with E-state index in [-0.39, 0.29) is 24.3 Å². The van der Waals surface area contributed by atoms with Crippen LogP contribution in [0.3, 0.4) is 0 Å². The van der Waals surface area contributed by atoms with Crippen LogP contribution in [0.5, 0.6) is 0 Å². The van der Waals surface area contributed by atoms with Gasteiger partial charge < -0.3 is 14.5 Å².